The summed E-state index contributed by atoms with van der Waals surface area (Å²) in [5, 5.41) is 0. The van der Waals surface area contributed by atoms with Gasteiger partial charge < -0.3 is 0 Å². The van der Waals surface area contributed by atoms with Crippen LogP contribution in [0.4, 0.5) is 5.69 Å². The van der Waals surface area contributed by atoms with E-state index in [1.54, 1.807) is 20.8 Å². The van der Waals surface area contributed by atoms with E-state index in [2.05, 4.69) is 0 Å². The zero-order valence-corrected chi connectivity index (χ0v) is 18.2. The molecule has 1 fully saturated rings. The number of carbonyl (C=O) groups is 1. The van der Waals surface area contributed by atoms with E-state index in [1.165, 1.54) is 28.6 Å². The van der Waals surface area contributed by atoms with Gasteiger partial charge in [-0.15, -0.1) is 0 Å². The molecule has 3 rings (SSSR count). The maximum atomic E-state index is 13.0. The first-order valence-corrected chi connectivity index (χ1v) is 12.3. The molecule has 0 aromatic heterocycles. The van der Waals surface area contributed by atoms with Crippen LogP contribution in [-0.2, 0) is 31.4 Å². The number of hydrogen-bond acceptors (Lipinski definition) is 5. The molecule has 1 heterocycles. The maximum Gasteiger partial charge on any atom is 0.247 e. The highest BCUT2D eigenvalue weighted by Crippen LogP contribution is 2.36. The van der Waals surface area contributed by atoms with E-state index in [1.807, 2.05) is 30.3 Å². The molecular formula is C20H24N2O5S2. The molecule has 0 aliphatic carbocycles. The minimum Gasteiger partial charge on any atom is -0.273 e. The van der Waals surface area contributed by atoms with Crippen molar-refractivity contribution in [2.45, 2.75) is 32.2 Å². The number of rotatable bonds is 6. The third-order valence-corrected chi connectivity index (χ3v) is 8.80. The fourth-order valence-electron chi connectivity index (χ4n) is 3.32. The highest BCUT2D eigenvalue weighted by Gasteiger charge is 2.49. The number of hydrogen-bond donors (Lipinski definition) is 0. The van der Waals surface area contributed by atoms with Crippen molar-refractivity contribution in [3.63, 3.8) is 0 Å². The van der Waals surface area contributed by atoms with Gasteiger partial charge in [0.25, 0.3) is 0 Å². The van der Waals surface area contributed by atoms with E-state index in [4.69, 9.17) is 0 Å². The zero-order chi connectivity index (χ0) is 21.4. The van der Waals surface area contributed by atoms with Crippen LogP contribution in [0.5, 0.6) is 0 Å². The molecule has 1 aliphatic rings. The molecule has 156 valence electrons. The van der Waals surface area contributed by atoms with E-state index in [0.29, 0.717) is 0 Å². The Morgan fingerprint density at radius 3 is 2.10 bits per heavy atom. The lowest BCUT2D eigenvalue weighted by molar-refractivity contribution is -0.123. The van der Waals surface area contributed by atoms with Gasteiger partial charge in [0.1, 0.15) is 0 Å². The van der Waals surface area contributed by atoms with Crippen LogP contribution in [0.25, 0.3) is 0 Å². The number of benzene rings is 2. The predicted octanol–water partition coefficient (Wildman–Crippen LogP) is 2.60. The zero-order valence-electron chi connectivity index (χ0n) is 16.6. The predicted molar refractivity (Wildman–Crippen MR) is 111 cm³/mol. The van der Waals surface area contributed by atoms with Crippen LogP contribution in [0.15, 0.2) is 59.5 Å². The minimum atomic E-state index is -3.78. The van der Waals surface area contributed by atoms with Crippen molar-refractivity contribution in [3.05, 3.63) is 60.2 Å². The first kappa shape index (κ1) is 21.5. The lowest BCUT2D eigenvalue weighted by atomic mass is 9.95. The molecule has 0 N–H and O–H groups in total. The summed E-state index contributed by atoms with van der Waals surface area (Å²) in [4.78, 5) is 12.5. The normalized spacial score (nSPS) is 18.3. The van der Waals surface area contributed by atoms with Crippen LogP contribution in [0.2, 0.25) is 0 Å². The Morgan fingerprint density at radius 1 is 1.03 bits per heavy atom. The van der Waals surface area contributed by atoms with Gasteiger partial charge in [0.15, 0.2) is 0 Å². The molecule has 0 unspecified atom stereocenters. The van der Waals surface area contributed by atoms with Crippen LogP contribution in [-0.4, -0.2) is 39.3 Å². The average molecular weight is 437 g/mol. The minimum absolute atomic E-state index is 0.0438. The highest BCUT2D eigenvalue weighted by atomic mass is 32.2. The Balaban J connectivity index is 1.90. The van der Waals surface area contributed by atoms with Crippen molar-refractivity contribution in [2.24, 2.45) is 5.41 Å². The lowest BCUT2D eigenvalue weighted by Crippen LogP contribution is -2.33. The Morgan fingerprint density at radius 2 is 1.62 bits per heavy atom. The van der Waals surface area contributed by atoms with Gasteiger partial charge in [-0.05, 0) is 43.7 Å². The van der Waals surface area contributed by atoms with Crippen molar-refractivity contribution >= 4 is 31.6 Å². The van der Waals surface area contributed by atoms with Crippen LogP contribution in [0, 0.1) is 5.41 Å². The SMILES string of the molecule is CCN(Cc1ccccc1)S(=O)(=O)c1ccc(N2C(=O)C(C)(C)CS2(=O)=O)cc1. The molecule has 0 radical (unpaired) electrons. The summed E-state index contributed by atoms with van der Waals surface area (Å²) >= 11 is 0. The second-order valence-corrected chi connectivity index (χ2v) is 11.4. The van der Waals surface area contributed by atoms with Crippen LogP contribution < -0.4 is 4.31 Å². The summed E-state index contributed by atoms with van der Waals surface area (Å²) in [5.74, 6) is -0.799. The largest absolute Gasteiger partial charge is 0.273 e. The van der Waals surface area contributed by atoms with Gasteiger partial charge in [0, 0.05) is 13.1 Å². The molecule has 0 spiro atoms. The molecule has 1 saturated heterocycles. The summed E-state index contributed by atoms with van der Waals surface area (Å²) < 4.78 is 53.0. The Labute approximate surface area is 172 Å². The summed E-state index contributed by atoms with van der Waals surface area (Å²) in [7, 11) is -7.56. The molecule has 0 atom stereocenters. The van der Waals surface area contributed by atoms with Gasteiger partial charge in [-0.2, -0.15) is 4.31 Å². The fraction of sp³-hybridized carbons (Fsp3) is 0.350. The van der Waals surface area contributed by atoms with Gasteiger partial charge in [-0.3, -0.25) is 4.79 Å². The van der Waals surface area contributed by atoms with Crippen molar-refractivity contribution in [2.75, 3.05) is 16.6 Å². The van der Waals surface area contributed by atoms with E-state index >= 15 is 0 Å². The van der Waals surface area contributed by atoms with E-state index < -0.39 is 31.4 Å². The summed E-state index contributed by atoms with van der Waals surface area (Å²) in [6.07, 6.45) is 0. The number of carbonyl (C=O) groups excluding carboxylic acids is 1. The Hall–Kier alpha value is -2.23. The smallest absolute Gasteiger partial charge is 0.247 e. The number of anilines is 1. The van der Waals surface area contributed by atoms with Crippen molar-refractivity contribution in [1.29, 1.82) is 0 Å². The van der Waals surface area contributed by atoms with Crippen molar-refractivity contribution in [3.8, 4) is 0 Å². The Kier molecular flexibility index (Phi) is 5.59. The molecule has 7 nitrogen and oxygen atoms in total. The molecule has 0 saturated carbocycles. The van der Waals surface area contributed by atoms with Gasteiger partial charge in [0.2, 0.25) is 26.0 Å². The van der Waals surface area contributed by atoms with Gasteiger partial charge in [-0.25, -0.2) is 21.1 Å². The van der Waals surface area contributed by atoms with Gasteiger partial charge in [-0.1, -0.05) is 37.3 Å². The second-order valence-electron chi connectivity index (χ2n) is 7.62. The fourth-order valence-corrected chi connectivity index (χ4v) is 6.86. The lowest BCUT2D eigenvalue weighted by Gasteiger charge is -2.21. The summed E-state index contributed by atoms with van der Waals surface area (Å²) in [6.45, 7) is 5.43. The standard InChI is InChI=1S/C20H24N2O5S2/c1-4-21(14-16-8-6-5-7-9-16)29(26,27)18-12-10-17(11-13-18)22-19(23)20(2,3)15-28(22,24)25/h5-13H,4,14-15H2,1-3H3. The third-order valence-electron chi connectivity index (χ3n) is 4.85. The monoisotopic (exact) mass is 436 g/mol. The number of nitrogens with zero attached hydrogens (tertiary/aromatic N) is 2. The molecular weight excluding hydrogens is 412 g/mol. The van der Waals surface area contributed by atoms with Crippen LogP contribution in [0.3, 0.4) is 0 Å². The quantitative estimate of drug-likeness (QED) is 0.694. The topological polar surface area (TPSA) is 91.8 Å². The molecule has 2 aromatic carbocycles. The van der Waals surface area contributed by atoms with E-state index in [0.717, 1.165) is 9.87 Å². The van der Waals surface area contributed by atoms with E-state index in [9.17, 15) is 21.6 Å². The van der Waals surface area contributed by atoms with E-state index in [-0.39, 0.29) is 29.4 Å². The average Bonchev–Trinajstić information content (AvgIpc) is 2.83. The van der Waals surface area contributed by atoms with Crippen LogP contribution in [0.1, 0.15) is 26.3 Å². The number of sulfonamides is 2. The van der Waals surface area contributed by atoms with Crippen LogP contribution >= 0.6 is 0 Å². The molecule has 9 heteroatoms. The molecule has 0 bridgehead atoms. The van der Waals surface area contributed by atoms with Gasteiger partial charge >= 0.3 is 0 Å². The molecule has 2 aromatic rings. The van der Waals surface area contributed by atoms with Gasteiger partial charge in [0.05, 0.1) is 21.8 Å². The maximum absolute atomic E-state index is 13.0. The first-order valence-electron chi connectivity index (χ1n) is 9.20. The molecule has 1 amide bonds. The van der Waals surface area contributed by atoms with Crippen molar-refractivity contribution in [1.82, 2.24) is 4.31 Å². The summed E-state index contributed by atoms with van der Waals surface area (Å²) in [5.41, 5.74) is -0.00526. The summed E-state index contributed by atoms with van der Waals surface area (Å²) in [6, 6.07) is 14.7. The molecule has 29 heavy (non-hydrogen) atoms. The Bertz CT molecular complexity index is 1110. The second kappa shape index (κ2) is 7.55. The number of amides is 1. The highest BCUT2D eigenvalue weighted by molar-refractivity contribution is 7.94. The third kappa shape index (κ3) is 4.08. The first-order chi connectivity index (χ1) is 13.5. The van der Waals surface area contributed by atoms with Crippen molar-refractivity contribution < 1.29 is 21.6 Å². The molecule has 1 aliphatic heterocycles.